The number of aromatic nitrogens is 2. The topological polar surface area (TPSA) is 49.2 Å². The minimum Gasteiger partial charge on any atom is -0.393 e. The summed E-state index contributed by atoms with van der Waals surface area (Å²) in [6, 6.07) is 12.3. The summed E-state index contributed by atoms with van der Waals surface area (Å²) in [6.07, 6.45) is 7.33. The van der Waals surface area contributed by atoms with Gasteiger partial charge in [0.05, 0.1) is 6.10 Å². The van der Waals surface area contributed by atoms with Gasteiger partial charge in [-0.3, -0.25) is 0 Å². The van der Waals surface area contributed by atoms with Gasteiger partial charge in [0.1, 0.15) is 12.1 Å². The molecule has 1 aromatic heterocycles. The molecule has 0 unspecified atom stereocenters. The smallest absolute Gasteiger partial charge is 0.132 e. The maximum Gasteiger partial charge on any atom is 0.132 e. The largest absolute Gasteiger partial charge is 0.393 e. The minimum atomic E-state index is -0.157. The van der Waals surface area contributed by atoms with E-state index in [9.17, 15) is 5.11 Å². The number of nitrogens with zero attached hydrogens (tertiary/aromatic N) is 3. The Morgan fingerprint density at radius 2 is 2.00 bits per heavy atom. The molecular formula is C18H21N3O. The van der Waals surface area contributed by atoms with E-state index in [-0.39, 0.29) is 6.10 Å². The van der Waals surface area contributed by atoms with Crippen molar-refractivity contribution in [3.63, 3.8) is 0 Å². The van der Waals surface area contributed by atoms with Crippen LogP contribution in [-0.4, -0.2) is 34.8 Å². The number of aliphatic hydroxyl groups is 1. The maximum absolute atomic E-state index is 9.42. The summed E-state index contributed by atoms with van der Waals surface area (Å²) in [7, 11) is 2.02. The van der Waals surface area contributed by atoms with E-state index in [0.29, 0.717) is 5.92 Å². The predicted octanol–water partition coefficient (Wildman–Crippen LogP) is 2.86. The Morgan fingerprint density at radius 3 is 2.73 bits per heavy atom. The first-order valence-corrected chi connectivity index (χ1v) is 7.65. The van der Waals surface area contributed by atoms with Crippen LogP contribution in [0.2, 0.25) is 0 Å². The number of anilines is 1. The van der Waals surface area contributed by atoms with Crippen LogP contribution in [0, 0.1) is 0 Å². The average molecular weight is 295 g/mol. The number of benzene rings is 1. The lowest BCUT2D eigenvalue weighted by Gasteiger charge is -2.31. The Balaban J connectivity index is 1.61. The van der Waals surface area contributed by atoms with E-state index in [1.165, 1.54) is 5.56 Å². The summed E-state index contributed by atoms with van der Waals surface area (Å²) in [5.74, 6) is 1.30. The number of likely N-dealkylation sites (N-methyl/N-ethyl adjacent to an activating group) is 1. The maximum atomic E-state index is 9.42. The molecular weight excluding hydrogens is 274 g/mol. The summed E-state index contributed by atoms with van der Waals surface area (Å²) >= 11 is 0. The summed E-state index contributed by atoms with van der Waals surface area (Å²) in [6.45, 7) is 0.790. The van der Waals surface area contributed by atoms with Crippen LogP contribution in [-0.2, 0) is 0 Å². The molecule has 1 saturated carbocycles. The third-order valence-corrected chi connectivity index (χ3v) is 4.09. The zero-order chi connectivity index (χ0) is 15.4. The molecule has 0 bridgehead atoms. The van der Waals surface area contributed by atoms with Crippen LogP contribution < -0.4 is 4.90 Å². The highest BCUT2D eigenvalue weighted by Gasteiger charge is 2.29. The van der Waals surface area contributed by atoms with Gasteiger partial charge < -0.3 is 10.0 Å². The number of rotatable bonds is 5. The summed E-state index contributed by atoms with van der Waals surface area (Å²) in [5, 5.41) is 9.42. The fraction of sp³-hybridized carbons (Fsp3) is 0.333. The van der Waals surface area contributed by atoms with E-state index in [1.807, 2.05) is 31.3 Å². The molecule has 22 heavy (non-hydrogen) atoms. The highest BCUT2D eigenvalue weighted by Crippen LogP contribution is 2.36. The molecule has 0 aliphatic heterocycles. The second kappa shape index (κ2) is 6.71. The van der Waals surface area contributed by atoms with Crippen molar-refractivity contribution in [2.24, 2.45) is 0 Å². The predicted molar refractivity (Wildman–Crippen MR) is 88.8 cm³/mol. The highest BCUT2D eigenvalue weighted by atomic mass is 16.3. The summed E-state index contributed by atoms with van der Waals surface area (Å²) in [4.78, 5) is 10.8. The number of hydrogen-bond acceptors (Lipinski definition) is 4. The van der Waals surface area contributed by atoms with Gasteiger partial charge in [-0.05, 0) is 18.4 Å². The third kappa shape index (κ3) is 3.52. The van der Waals surface area contributed by atoms with E-state index in [1.54, 1.807) is 6.33 Å². The first kappa shape index (κ1) is 14.7. The number of hydrogen-bond donors (Lipinski definition) is 1. The Bertz CT molecular complexity index is 636. The van der Waals surface area contributed by atoms with Gasteiger partial charge in [-0.2, -0.15) is 0 Å². The van der Waals surface area contributed by atoms with E-state index >= 15 is 0 Å². The number of aliphatic hydroxyl groups excluding tert-OH is 1. The molecule has 1 N–H and O–H groups in total. The van der Waals surface area contributed by atoms with Gasteiger partial charge in [0.2, 0.25) is 0 Å². The van der Waals surface area contributed by atoms with E-state index in [4.69, 9.17) is 0 Å². The zero-order valence-electron chi connectivity index (χ0n) is 12.8. The van der Waals surface area contributed by atoms with Crippen molar-refractivity contribution in [1.29, 1.82) is 0 Å². The molecule has 114 valence electrons. The van der Waals surface area contributed by atoms with Crippen LogP contribution >= 0.6 is 0 Å². The molecule has 4 heteroatoms. The molecule has 3 rings (SSSR count). The second-order valence-electron chi connectivity index (χ2n) is 5.82. The molecule has 1 aliphatic carbocycles. The Labute approximate surface area is 131 Å². The molecule has 2 aromatic rings. The van der Waals surface area contributed by atoms with Gasteiger partial charge in [0.25, 0.3) is 0 Å². The van der Waals surface area contributed by atoms with Crippen molar-refractivity contribution in [1.82, 2.24) is 9.97 Å². The Hall–Kier alpha value is -2.20. The molecule has 0 radical (unpaired) electrons. The molecule has 1 fully saturated rings. The lowest BCUT2D eigenvalue weighted by atomic mass is 9.80. The van der Waals surface area contributed by atoms with Crippen LogP contribution in [0.3, 0.4) is 0 Å². The molecule has 1 aromatic carbocycles. The standard InChI is InChI=1S/C18H21N3O/c1-21(9-5-8-14-6-3-2-4-7-14)18-12-17(19-13-20-18)15-10-16(22)11-15/h2-8,12-13,15-16,22H,9-11H2,1H3. The minimum absolute atomic E-state index is 0.157. The van der Waals surface area contributed by atoms with Gasteiger partial charge in [0.15, 0.2) is 0 Å². The van der Waals surface area contributed by atoms with Crippen LogP contribution in [0.15, 0.2) is 48.8 Å². The molecule has 1 heterocycles. The van der Waals surface area contributed by atoms with E-state index in [2.05, 4.69) is 39.2 Å². The van der Waals surface area contributed by atoms with Crippen molar-refractivity contribution in [3.8, 4) is 0 Å². The zero-order valence-corrected chi connectivity index (χ0v) is 12.8. The SMILES string of the molecule is CN(CC=Cc1ccccc1)c1cc(C2CC(O)C2)ncn1. The fourth-order valence-electron chi connectivity index (χ4n) is 2.63. The fourth-order valence-corrected chi connectivity index (χ4v) is 2.63. The quantitative estimate of drug-likeness (QED) is 0.921. The van der Waals surface area contributed by atoms with E-state index < -0.39 is 0 Å². The van der Waals surface area contributed by atoms with Crippen LogP contribution in [0.5, 0.6) is 0 Å². The normalized spacial score (nSPS) is 20.8. The van der Waals surface area contributed by atoms with Gasteiger partial charge >= 0.3 is 0 Å². The molecule has 0 spiro atoms. The van der Waals surface area contributed by atoms with Crippen LogP contribution in [0.4, 0.5) is 5.82 Å². The second-order valence-corrected chi connectivity index (χ2v) is 5.82. The van der Waals surface area contributed by atoms with Crippen LogP contribution in [0.25, 0.3) is 6.08 Å². The van der Waals surface area contributed by atoms with Gasteiger partial charge in [-0.25, -0.2) is 9.97 Å². The van der Waals surface area contributed by atoms with Crippen molar-refractivity contribution < 1.29 is 5.11 Å². The molecule has 4 nitrogen and oxygen atoms in total. The summed E-state index contributed by atoms with van der Waals surface area (Å²) < 4.78 is 0. The van der Waals surface area contributed by atoms with Gasteiger partial charge in [-0.1, -0.05) is 42.5 Å². The van der Waals surface area contributed by atoms with Crippen LogP contribution in [0.1, 0.15) is 30.0 Å². The van der Waals surface area contributed by atoms with Crippen molar-refractivity contribution in [3.05, 3.63) is 60.1 Å². The van der Waals surface area contributed by atoms with Crippen molar-refractivity contribution in [2.75, 3.05) is 18.5 Å². The molecule has 0 atom stereocenters. The van der Waals surface area contributed by atoms with E-state index in [0.717, 1.165) is 30.9 Å². The van der Waals surface area contributed by atoms with Gasteiger partial charge in [0, 0.05) is 31.3 Å². The monoisotopic (exact) mass is 295 g/mol. The molecule has 0 saturated heterocycles. The van der Waals surface area contributed by atoms with Crippen molar-refractivity contribution >= 4 is 11.9 Å². The van der Waals surface area contributed by atoms with Gasteiger partial charge in [-0.15, -0.1) is 0 Å². The lowest BCUT2D eigenvalue weighted by molar-refractivity contribution is 0.0732. The van der Waals surface area contributed by atoms with Crippen molar-refractivity contribution in [2.45, 2.75) is 24.9 Å². The third-order valence-electron chi connectivity index (χ3n) is 4.09. The highest BCUT2D eigenvalue weighted by molar-refractivity contribution is 5.50. The lowest BCUT2D eigenvalue weighted by Crippen LogP contribution is -2.27. The molecule has 1 aliphatic rings. The Morgan fingerprint density at radius 1 is 1.23 bits per heavy atom. The average Bonchev–Trinajstić information content (AvgIpc) is 2.53. The first-order valence-electron chi connectivity index (χ1n) is 7.65. The Kier molecular flexibility index (Phi) is 4.49. The molecule has 0 amide bonds. The summed E-state index contributed by atoms with van der Waals surface area (Å²) in [5.41, 5.74) is 2.23. The first-order chi connectivity index (χ1) is 10.7.